The van der Waals surface area contributed by atoms with Crippen molar-refractivity contribution in [3.05, 3.63) is 12.2 Å². The summed E-state index contributed by atoms with van der Waals surface area (Å²) in [4.78, 5) is 89.0. The topological polar surface area (TPSA) is 232 Å². The second-order valence-electron chi connectivity index (χ2n) is 23.1. The molecular formula is C53H78O18. The molecule has 2 heterocycles. The van der Waals surface area contributed by atoms with E-state index in [1.165, 1.54) is 27.7 Å². The Bertz CT molecular complexity index is 2110. The van der Waals surface area contributed by atoms with Gasteiger partial charge in [-0.2, -0.15) is 0 Å². The highest BCUT2D eigenvalue weighted by molar-refractivity contribution is 5.76. The molecule has 71 heavy (non-hydrogen) atoms. The molecule has 18 nitrogen and oxygen atoms in total. The molecule has 5 aliphatic carbocycles. The molecule has 0 aromatic rings. The van der Waals surface area contributed by atoms with Crippen LogP contribution in [0.5, 0.6) is 0 Å². The van der Waals surface area contributed by atoms with Gasteiger partial charge in [0.1, 0.15) is 0 Å². The first kappa shape index (κ1) is 54.6. The average molecular weight is 1000 g/mol. The van der Waals surface area contributed by atoms with Gasteiger partial charge in [-0.1, -0.05) is 39.8 Å². The Labute approximate surface area is 417 Å². The van der Waals surface area contributed by atoms with Crippen molar-refractivity contribution in [3.8, 4) is 0 Å². The molecule has 20 atom stereocenters. The molecule has 0 aromatic carbocycles. The summed E-state index contributed by atoms with van der Waals surface area (Å²) in [5.74, 6) is -4.27. The lowest BCUT2D eigenvalue weighted by Crippen LogP contribution is -2.68. The number of hydrogen-bond acceptors (Lipinski definition) is 17. The number of carboxylic acids is 1. The minimum Gasteiger partial charge on any atom is -0.481 e. The van der Waals surface area contributed by atoms with Crippen molar-refractivity contribution in [2.45, 2.75) is 209 Å². The molecule has 0 spiro atoms. The van der Waals surface area contributed by atoms with Gasteiger partial charge in [-0.3, -0.25) is 33.6 Å². The third-order valence-corrected chi connectivity index (χ3v) is 19.0. The highest BCUT2D eigenvalue weighted by Gasteiger charge is 2.73. The number of hydrogen-bond donors (Lipinski definition) is 1. The van der Waals surface area contributed by atoms with Crippen molar-refractivity contribution in [1.29, 1.82) is 0 Å². The number of rotatable bonds is 13. The Kier molecular flexibility index (Phi) is 15.6. The Hall–Kier alpha value is -4.13. The molecule has 3 unspecified atom stereocenters. The van der Waals surface area contributed by atoms with Crippen LogP contribution in [0.4, 0.5) is 0 Å². The van der Waals surface area contributed by atoms with E-state index in [0.29, 0.717) is 19.3 Å². The van der Waals surface area contributed by atoms with Gasteiger partial charge in [0.25, 0.3) is 0 Å². The Morgan fingerprint density at radius 2 is 1.20 bits per heavy atom. The van der Waals surface area contributed by atoms with E-state index in [1.807, 2.05) is 0 Å². The van der Waals surface area contributed by atoms with Gasteiger partial charge in [-0.25, -0.2) is 0 Å². The van der Waals surface area contributed by atoms with E-state index >= 15 is 0 Å². The molecule has 2 aliphatic heterocycles. The average Bonchev–Trinajstić information content (AvgIpc) is 3.67. The zero-order valence-corrected chi connectivity index (χ0v) is 43.7. The van der Waals surface area contributed by atoms with Gasteiger partial charge in [-0.05, 0) is 124 Å². The van der Waals surface area contributed by atoms with Crippen LogP contribution in [0.3, 0.4) is 0 Å². The van der Waals surface area contributed by atoms with Gasteiger partial charge in [0.2, 0.25) is 0 Å². The van der Waals surface area contributed by atoms with E-state index in [0.717, 1.165) is 64.4 Å². The van der Waals surface area contributed by atoms with Gasteiger partial charge in [0.05, 0.1) is 30.8 Å². The summed E-state index contributed by atoms with van der Waals surface area (Å²) in [6.07, 6.45) is -5.20. The van der Waals surface area contributed by atoms with Crippen molar-refractivity contribution in [2.24, 2.45) is 56.7 Å². The van der Waals surface area contributed by atoms with Crippen LogP contribution in [0.2, 0.25) is 0 Å². The van der Waals surface area contributed by atoms with Crippen LogP contribution < -0.4 is 0 Å². The van der Waals surface area contributed by atoms with E-state index in [9.17, 15) is 38.7 Å². The van der Waals surface area contributed by atoms with Crippen LogP contribution >= 0.6 is 0 Å². The maximum absolute atomic E-state index is 13.3. The van der Waals surface area contributed by atoms with Crippen LogP contribution in [0.15, 0.2) is 12.2 Å². The SMILES string of the molecule is C=C(C)[C@@H]1CC[C@]2(C(=O)O)CC[C@]3(C)C(CC[C@@H]4[C@@]5(C)CCC(OC6OC[C@H](OC(C)=O)[C@H](OC(C)=O)[C@H]6O[C@@H]6O[C@@H](C)[C@H](OC(C)=O)[C@@H](OC(C)=O)[C@H]6OC(C)=O)[C@@](C)(COC(C)=O)[C@@H]5CC[C@]43C)[C@@H]12. The van der Waals surface area contributed by atoms with E-state index in [2.05, 4.69) is 41.2 Å². The predicted molar refractivity (Wildman–Crippen MR) is 249 cm³/mol. The Morgan fingerprint density at radius 1 is 0.592 bits per heavy atom. The maximum atomic E-state index is 13.3. The van der Waals surface area contributed by atoms with Crippen molar-refractivity contribution in [2.75, 3.05) is 13.2 Å². The van der Waals surface area contributed by atoms with Crippen molar-refractivity contribution in [3.63, 3.8) is 0 Å². The van der Waals surface area contributed by atoms with Gasteiger partial charge in [0, 0.05) is 47.0 Å². The predicted octanol–water partition coefficient (Wildman–Crippen LogP) is 6.80. The molecule has 0 aromatic heterocycles. The Morgan fingerprint density at radius 3 is 1.79 bits per heavy atom. The van der Waals surface area contributed by atoms with Crippen LogP contribution in [0.1, 0.15) is 147 Å². The fraction of sp³-hybridized carbons (Fsp3) is 0.830. The van der Waals surface area contributed by atoms with E-state index < -0.39 is 114 Å². The summed E-state index contributed by atoms with van der Waals surface area (Å²) in [5, 5.41) is 10.9. The molecule has 7 aliphatic rings. The first-order chi connectivity index (χ1) is 33.1. The minimum atomic E-state index is -1.59. The molecule has 7 fully saturated rings. The number of aliphatic carboxylic acids is 1. The highest BCUT2D eigenvalue weighted by atomic mass is 16.8. The van der Waals surface area contributed by atoms with Gasteiger partial charge >= 0.3 is 41.8 Å². The summed E-state index contributed by atoms with van der Waals surface area (Å²) >= 11 is 0. The summed E-state index contributed by atoms with van der Waals surface area (Å²) in [6.45, 7) is 24.3. The molecular weight excluding hydrogens is 925 g/mol. The lowest BCUT2D eigenvalue weighted by Gasteiger charge is -2.73. The van der Waals surface area contributed by atoms with Crippen LogP contribution in [-0.2, 0) is 80.9 Å². The number of carbonyl (C=O) groups is 7. The summed E-state index contributed by atoms with van der Waals surface area (Å²) in [7, 11) is 0. The van der Waals surface area contributed by atoms with Crippen molar-refractivity contribution in [1.82, 2.24) is 0 Å². The van der Waals surface area contributed by atoms with Gasteiger partial charge in [-0.15, -0.1) is 0 Å². The first-order valence-electron chi connectivity index (χ1n) is 25.6. The molecule has 18 heteroatoms. The number of ether oxygens (including phenoxy) is 10. The molecule has 1 N–H and O–H groups in total. The first-order valence-corrected chi connectivity index (χ1v) is 25.6. The molecule has 7 rings (SSSR count). The molecule has 0 radical (unpaired) electrons. The third kappa shape index (κ3) is 9.77. The number of fused-ring (bicyclic) bond motifs is 7. The lowest BCUT2D eigenvalue weighted by molar-refractivity contribution is -0.367. The monoisotopic (exact) mass is 1000 g/mol. The summed E-state index contributed by atoms with van der Waals surface area (Å²) < 4.78 is 60.9. The summed E-state index contributed by atoms with van der Waals surface area (Å²) in [6, 6.07) is 0. The van der Waals surface area contributed by atoms with E-state index in [-0.39, 0.29) is 59.0 Å². The molecule has 0 amide bonds. The largest absolute Gasteiger partial charge is 0.481 e. The second kappa shape index (κ2) is 20.3. The fourth-order valence-electron chi connectivity index (χ4n) is 16.0. The quantitative estimate of drug-likeness (QED) is 0.0865. The summed E-state index contributed by atoms with van der Waals surface area (Å²) in [5.41, 5.74) is -1.03. The van der Waals surface area contributed by atoms with E-state index in [4.69, 9.17) is 47.4 Å². The standard InChI is InChI=1S/C53H78O18/c1-26(2)34-16-21-53(48(60)61)23-22-51(12)35(40(34)53)14-15-38-49(10)19-18-39(50(11,25-63-28(4)54)37(49)17-20-52(38,51)13)70-46-44(42(67-31(7)57)36(24-62-46)65-29(5)55)71-47-45(69-33(9)59)43(68-32(8)58)41(27(3)64-47)66-30(6)56/h27,34-47H,1,14-25H2,2-13H3,(H,60,61)/t27-,34-,35?,36-,37+,38+,39?,40+,41-,42-,43+,44+,45+,46?,47-,49-,50-,51+,52+,53-/m0/s1. The van der Waals surface area contributed by atoms with Crippen LogP contribution in [0.25, 0.3) is 0 Å². The molecule has 398 valence electrons. The zero-order valence-electron chi connectivity index (χ0n) is 43.7. The number of carbonyl (C=O) groups excluding carboxylic acids is 6. The normalized spacial score (nSPS) is 44.7. The van der Waals surface area contributed by atoms with Crippen molar-refractivity contribution < 1.29 is 86.0 Å². The van der Waals surface area contributed by atoms with Gasteiger partial charge < -0.3 is 52.5 Å². The number of carboxylic acid groups (broad SMARTS) is 1. The van der Waals surface area contributed by atoms with Crippen molar-refractivity contribution >= 4 is 41.8 Å². The zero-order chi connectivity index (χ0) is 52.3. The van der Waals surface area contributed by atoms with Crippen LogP contribution in [0, 0.1) is 56.7 Å². The highest BCUT2D eigenvalue weighted by Crippen LogP contribution is 2.77. The molecule has 0 bridgehead atoms. The molecule has 2 saturated heterocycles. The number of esters is 6. The smallest absolute Gasteiger partial charge is 0.309 e. The third-order valence-electron chi connectivity index (χ3n) is 19.0. The fourth-order valence-corrected chi connectivity index (χ4v) is 16.0. The maximum Gasteiger partial charge on any atom is 0.309 e. The Balaban J connectivity index is 1.24. The second-order valence-corrected chi connectivity index (χ2v) is 23.1. The van der Waals surface area contributed by atoms with Gasteiger partial charge in [0.15, 0.2) is 49.2 Å². The number of allylic oxidation sites excluding steroid dienone is 1. The lowest BCUT2D eigenvalue weighted by atomic mass is 9.32. The minimum absolute atomic E-state index is 0.0150. The molecule has 5 saturated carbocycles. The van der Waals surface area contributed by atoms with E-state index in [1.54, 1.807) is 6.92 Å². The van der Waals surface area contributed by atoms with Crippen LogP contribution in [-0.4, -0.2) is 122 Å².